The fourth-order valence-corrected chi connectivity index (χ4v) is 2.91. The molecule has 1 atom stereocenters. The first kappa shape index (κ1) is 21.5. The normalized spacial score (nSPS) is 19.2. The molecule has 4 rings (SSSR count). The molecule has 3 heterocycles. The lowest BCUT2D eigenvalue weighted by Gasteiger charge is -2.18. The van der Waals surface area contributed by atoms with Gasteiger partial charge in [-0.25, -0.2) is 15.0 Å². The summed E-state index contributed by atoms with van der Waals surface area (Å²) in [5.41, 5.74) is -1.12. The largest absolute Gasteiger partial charge is 0.389 e. The Kier molecular flexibility index (Phi) is 5.43. The van der Waals surface area contributed by atoms with Crippen LogP contribution < -0.4 is 16.0 Å². The average molecular weight is 436 g/mol. The van der Waals surface area contributed by atoms with Crippen LogP contribution in [-0.4, -0.2) is 62.1 Å². The van der Waals surface area contributed by atoms with E-state index >= 15 is 0 Å². The molecule has 1 aliphatic heterocycles. The third kappa shape index (κ3) is 4.94. The van der Waals surface area contributed by atoms with Crippen molar-refractivity contribution in [3.63, 3.8) is 0 Å². The van der Waals surface area contributed by atoms with E-state index in [0.717, 1.165) is 24.8 Å². The molecule has 32 heavy (non-hydrogen) atoms. The first-order valence-corrected chi connectivity index (χ1v) is 10.2. The van der Waals surface area contributed by atoms with Crippen LogP contribution in [0, 0.1) is 5.41 Å². The maximum Gasteiger partial charge on any atom is 0.278 e. The van der Waals surface area contributed by atoms with Crippen LogP contribution in [0.25, 0.3) is 0 Å². The second-order valence-corrected chi connectivity index (χ2v) is 8.47. The summed E-state index contributed by atoms with van der Waals surface area (Å²) < 4.78 is 0. The van der Waals surface area contributed by atoms with E-state index in [-0.39, 0.29) is 35.4 Å². The molecular weight excluding hydrogens is 412 g/mol. The van der Waals surface area contributed by atoms with Gasteiger partial charge in [-0.3, -0.25) is 14.6 Å². The standard InChI is InChI=1S/C21H24N8O3/c1-20(2,32)10-25-18(30)15-13(4-3-7-23-15)28-19(31)16-17(29-21(9-22)11-26-21)24-8-14(27-16)12-5-6-12/h3-4,7-9,11-12,22,32H,5-6,10H2,1-2H3,(H,24,29)(H,25,30)(H,28,31). The Labute approximate surface area is 184 Å². The van der Waals surface area contributed by atoms with Crippen molar-refractivity contribution in [1.82, 2.24) is 20.3 Å². The molecule has 5 N–H and O–H groups in total. The monoisotopic (exact) mass is 436 g/mol. The van der Waals surface area contributed by atoms with Crippen LogP contribution >= 0.6 is 0 Å². The van der Waals surface area contributed by atoms with Gasteiger partial charge in [0.2, 0.25) is 5.66 Å². The second-order valence-electron chi connectivity index (χ2n) is 8.47. The van der Waals surface area contributed by atoms with Crippen LogP contribution in [0.1, 0.15) is 59.3 Å². The van der Waals surface area contributed by atoms with Gasteiger partial charge in [0.05, 0.1) is 29.4 Å². The van der Waals surface area contributed by atoms with Crippen molar-refractivity contribution in [2.75, 3.05) is 17.2 Å². The fourth-order valence-electron chi connectivity index (χ4n) is 2.91. The lowest BCUT2D eigenvalue weighted by molar-refractivity contribution is 0.0692. The van der Waals surface area contributed by atoms with E-state index in [1.807, 2.05) is 0 Å². The Morgan fingerprint density at radius 1 is 1.28 bits per heavy atom. The van der Waals surface area contributed by atoms with Gasteiger partial charge in [0.25, 0.3) is 11.8 Å². The van der Waals surface area contributed by atoms with Crippen LogP contribution in [0.2, 0.25) is 0 Å². The van der Waals surface area contributed by atoms with Crippen molar-refractivity contribution >= 4 is 35.7 Å². The van der Waals surface area contributed by atoms with Crippen molar-refractivity contribution in [1.29, 1.82) is 5.41 Å². The Balaban J connectivity index is 1.58. The van der Waals surface area contributed by atoms with E-state index in [9.17, 15) is 14.7 Å². The highest BCUT2D eigenvalue weighted by atomic mass is 16.3. The molecular formula is C21H24N8O3. The van der Waals surface area contributed by atoms with Crippen LogP contribution in [0.5, 0.6) is 0 Å². The number of rotatable bonds is 9. The molecule has 11 heteroatoms. The van der Waals surface area contributed by atoms with E-state index in [1.165, 1.54) is 12.4 Å². The smallest absolute Gasteiger partial charge is 0.278 e. The number of hydrogen-bond acceptors (Lipinski definition) is 9. The molecule has 0 saturated heterocycles. The minimum absolute atomic E-state index is 0.00686. The number of pyridine rings is 1. The number of hydrogen-bond donors (Lipinski definition) is 5. The third-order valence-electron chi connectivity index (χ3n) is 4.90. The summed E-state index contributed by atoms with van der Waals surface area (Å²) >= 11 is 0. The number of aromatic nitrogens is 3. The van der Waals surface area contributed by atoms with E-state index < -0.39 is 23.1 Å². The minimum Gasteiger partial charge on any atom is -0.389 e. The number of carbonyl (C=O) groups is 2. The first-order chi connectivity index (χ1) is 15.2. The van der Waals surface area contributed by atoms with Gasteiger partial charge < -0.3 is 26.5 Å². The molecule has 2 aromatic rings. The molecule has 0 aromatic carbocycles. The SMILES string of the molecule is CC(C)(O)CNC(=O)c1ncccc1NC(=O)c1nc(C2CC2)cnc1NC1(C=N)C=N1. The number of nitrogens with zero attached hydrogens (tertiary/aromatic N) is 4. The maximum absolute atomic E-state index is 13.2. The first-order valence-electron chi connectivity index (χ1n) is 10.2. The van der Waals surface area contributed by atoms with Gasteiger partial charge in [0.1, 0.15) is 0 Å². The van der Waals surface area contributed by atoms with Gasteiger partial charge in [-0.05, 0) is 38.8 Å². The van der Waals surface area contributed by atoms with Gasteiger partial charge >= 0.3 is 0 Å². The van der Waals surface area contributed by atoms with Crippen LogP contribution in [-0.2, 0) is 0 Å². The van der Waals surface area contributed by atoms with E-state index in [4.69, 9.17) is 5.41 Å². The number of anilines is 2. The zero-order valence-corrected chi connectivity index (χ0v) is 17.7. The highest BCUT2D eigenvalue weighted by molar-refractivity contribution is 6.11. The predicted octanol–water partition coefficient (Wildman–Crippen LogP) is 1.34. The zero-order chi connectivity index (χ0) is 22.9. The Bertz CT molecular complexity index is 1100. The predicted molar refractivity (Wildman–Crippen MR) is 118 cm³/mol. The average Bonchev–Trinajstić information content (AvgIpc) is 3.67. The third-order valence-corrected chi connectivity index (χ3v) is 4.90. The molecule has 0 spiro atoms. The lowest BCUT2D eigenvalue weighted by atomic mass is 10.1. The summed E-state index contributed by atoms with van der Waals surface area (Å²) in [5.74, 6) is -0.649. The Morgan fingerprint density at radius 2 is 2.03 bits per heavy atom. The minimum atomic E-state index is -1.09. The molecule has 2 aliphatic rings. The van der Waals surface area contributed by atoms with Gasteiger partial charge in [0, 0.05) is 24.9 Å². The summed E-state index contributed by atoms with van der Waals surface area (Å²) in [7, 11) is 0. The van der Waals surface area contributed by atoms with Crippen molar-refractivity contribution in [3.05, 3.63) is 41.6 Å². The molecule has 1 fully saturated rings. The second kappa shape index (κ2) is 8.08. The van der Waals surface area contributed by atoms with Crippen molar-refractivity contribution in [3.8, 4) is 0 Å². The molecule has 0 bridgehead atoms. The fraction of sp³-hybridized carbons (Fsp3) is 0.381. The number of aliphatic imine (C=N–C) groups is 1. The van der Waals surface area contributed by atoms with Crippen molar-refractivity contribution in [2.45, 2.75) is 43.9 Å². The summed E-state index contributed by atoms with van der Waals surface area (Å²) in [6, 6.07) is 3.15. The molecule has 11 nitrogen and oxygen atoms in total. The summed E-state index contributed by atoms with van der Waals surface area (Å²) in [4.78, 5) is 42.7. The topological polar surface area (TPSA) is 165 Å². The van der Waals surface area contributed by atoms with Crippen LogP contribution in [0.15, 0.2) is 29.5 Å². The summed E-state index contributed by atoms with van der Waals surface area (Å²) in [6.07, 6.45) is 7.68. The summed E-state index contributed by atoms with van der Waals surface area (Å²) in [6.45, 7) is 3.16. The van der Waals surface area contributed by atoms with Crippen molar-refractivity contribution in [2.24, 2.45) is 4.99 Å². The molecule has 1 aliphatic carbocycles. The Morgan fingerprint density at radius 3 is 2.66 bits per heavy atom. The van der Waals surface area contributed by atoms with Gasteiger partial charge in [-0.1, -0.05) is 0 Å². The van der Waals surface area contributed by atoms with E-state index in [2.05, 4.69) is 35.9 Å². The maximum atomic E-state index is 13.2. The molecule has 2 amide bonds. The summed E-state index contributed by atoms with van der Waals surface area (Å²) in [5, 5.41) is 25.6. The van der Waals surface area contributed by atoms with E-state index in [0.29, 0.717) is 0 Å². The highest BCUT2D eigenvalue weighted by Gasteiger charge is 2.37. The van der Waals surface area contributed by atoms with E-state index in [1.54, 1.807) is 32.2 Å². The zero-order valence-electron chi connectivity index (χ0n) is 17.7. The number of amides is 2. The lowest BCUT2D eigenvalue weighted by Crippen LogP contribution is -2.38. The molecule has 166 valence electrons. The highest BCUT2D eigenvalue weighted by Crippen LogP contribution is 2.39. The van der Waals surface area contributed by atoms with Gasteiger partial charge in [-0.2, -0.15) is 0 Å². The quantitative estimate of drug-likeness (QED) is 0.370. The Hall–Kier alpha value is -3.73. The van der Waals surface area contributed by atoms with Gasteiger partial charge in [-0.15, -0.1) is 0 Å². The number of carbonyl (C=O) groups excluding carboxylic acids is 2. The number of nitrogens with one attached hydrogen (secondary N) is 4. The molecule has 1 unspecified atom stereocenters. The van der Waals surface area contributed by atoms with Gasteiger partial charge in [0.15, 0.2) is 17.2 Å². The number of aliphatic hydroxyl groups is 1. The van der Waals surface area contributed by atoms with Crippen molar-refractivity contribution < 1.29 is 14.7 Å². The van der Waals surface area contributed by atoms with Crippen LogP contribution in [0.4, 0.5) is 11.5 Å². The van der Waals surface area contributed by atoms with Crippen LogP contribution in [0.3, 0.4) is 0 Å². The molecule has 0 radical (unpaired) electrons. The molecule has 2 aromatic heterocycles. The molecule has 1 saturated carbocycles.